The van der Waals surface area contributed by atoms with Gasteiger partial charge in [0.15, 0.2) is 0 Å². The molecule has 0 N–H and O–H groups in total. The maximum Gasteiger partial charge on any atom is 0.410 e. The minimum Gasteiger partial charge on any atom is -0.444 e. The Kier molecular flexibility index (Phi) is 4.11. The third-order valence-electron chi connectivity index (χ3n) is 2.85. The normalized spacial score (nSPS) is 21.8. The third-order valence-corrected chi connectivity index (χ3v) is 2.85. The molecule has 0 saturated carbocycles. The van der Waals surface area contributed by atoms with Crippen LogP contribution in [0.5, 0.6) is 0 Å². The maximum absolute atomic E-state index is 12.1. The largest absolute Gasteiger partial charge is 0.444 e. The second-order valence-electron chi connectivity index (χ2n) is 7.23. The Hall–Kier alpha value is -0.730. The molecule has 0 spiro atoms. The van der Waals surface area contributed by atoms with Gasteiger partial charge in [0.05, 0.1) is 0 Å². The maximum atomic E-state index is 12.1. The fourth-order valence-corrected chi connectivity index (χ4v) is 2.32. The first-order valence-corrected chi connectivity index (χ1v) is 6.58. The predicted molar refractivity (Wildman–Crippen MR) is 70.0 cm³/mol. The lowest BCUT2D eigenvalue weighted by molar-refractivity contribution is 0.0197. The summed E-state index contributed by atoms with van der Waals surface area (Å²) < 4.78 is 5.45. The van der Waals surface area contributed by atoms with E-state index >= 15 is 0 Å². The van der Waals surface area contributed by atoms with Gasteiger partial charge in [-0.2, -0.15) is 0 Å². The molecule has 0 aromatic carbocycles. The number of ether oxygens (including phenoxy) is 1. The smallest absolute Gasteiger partial charge is 0.410 e. The van der Waals surface area contributed by atoms with E-state index in [0.717, 1.165) is 25.8 Å². The lowest BCUT2D eigenvalue weighted by Crippen LogP contribution is -2.41. The highest BCUT2D eigenvalue weighted by atomic mass is 16.6. The van der Waals surface area contributed by atoms with E-state index in [1.165, 1.54) is 0 Å². The van der Waals surface area contributed by atoms with Gasteiger partial charge in [-0.25, -0.2) is 4.79 Å². The van der Waals surface area contributed by atoms with E-state index in [-0.39, 0.29) is 11.5 Å². The number of rotatable bonds is 1. The summed E-state index contributed by atoms with van der Waals surface area (Å²) in [5.41, 5.74) is -0.138. The molecule has 0 unspecified atom stereocenters. The Morgan fingerprint density at radius 2 is 1.82 bits per heavy atom. The zero-order chi connectivity index (χ0) is 13.3. The molecule has 0 aromatic rings. The van der Waals surface area contributed by atoms with Crippen molar-refractivity contribution in [3.8, 4) is 0 Å². The van der Waals surface area contributed by atoms with Crippen LogP contribution in [0.15, 0.2) is 0 Å². The van der Waals surface area contributed by atoms with E-state index in [1.807, 2.05) is 25.7 Å². The van der Waals surface area contributed by atoms with Crippen LogP contribution in [0, 0.1) is 5.41 Å². The first-order valence-electron chi connectivity index (χ1n) is 6.58. The summed E-state index contributed by atoms with van der Waals surface area (Å²) in [6.45, 7) is 13.3. The SMILES string of the molecule is CC(C)(C)C[C@@H]1CCCN1C(=O)OC(C)(C)C. The molecular weight excluding hydrogens is 214 g/mol. The van der Waals surface area contributed by atoms with Crippen LogP contribution in [0.2, 0.25) is 0 Å². The second-order valence-corrected chi connectivity index (χ2v) is 7.23. The van der Waals surface area contributed by atoms with Gasteiger partial charge in [-0.05, 0) is 45.4 Å². The van der Waals surface area contributed by atoms with Gasteiger partial charge in [-0.3, -0.25) is 0 Å². The number of hydrogen-bond donors (Lipinski definition) is 0. The number of nitrogens with zero attached hydrogens (tertiary/aromatic N) is 1. The molecular formula is C14H27NO2. The van der Waals surface area contributed by atoms with Crippen LogP contribution in [0.1, 0.15) is 60.8 Å². The number of carbonyl (C=O) groups is 1. The topological polar surface area (TPSA) is 29.5 Å². The summed E-state index contributed by atoms with van der Waals surface area (Å²) in [5.74, 6) is 0. The molecule has 1 aliphatic heterocycles. The monoisotopic (exact) mass is 241 g/mol. The summed E-state index contributed by atoms with van der Waals surface area (Å²) in [6.07, 6.45) is 3.10. The Balaban J connectivity index is 2.60. The minimum absolute atomic E-state index is 0.149. The van der Waals surface area contributed by atoms with Crippen molar-refractivity contribution in [1.82, 2.24) is 4.90 Å². The van der Waals surface area contributed by atoms with Gasteiger partial charge >= 0.3 is 6.09 Å². The fourth-order valence-electron chi connectivity index (χ4n) is 2.32. The number of likely N-dealkylation sites (tertiary alicyclic amines) is 1. The highest BCUT2D eigenvalue weighted by Gasteiger charge is 2.34. The van der Waals surface area contributed by atoms with Crippen LogP contribution in [0.4, 0.5) is 4.79 Å². The van der Waals surface area contributed by atoms with Gasteiger partial charge in [0.2, 0.25) is 0 Å². The van der Waals surface area contributed by atoms with E-state index in [4.69, 9.17) is 4.74 Å². The number of carbonyl (C=O) groups excluding carboxylic acids is 1. The van der Waals surface area contributed by atoms with Crippen molar-refractivity contribution in [2.75, 3.05) is 6.54 Å². The molecule has 0 bridgehead atoms. The molecule has 1 saturated heterocycles. The van der Waals surface area contributed by atoms with Crippen LogP contribution in [-0.4, -0.2) is 29.2 Å². The van der Waals surface area contributed by atoms with Crippen molar-refractivity contribution in [1.29, 1.82) is 0 Å². The lowest BCUT2D eigenvalue weighted by Gasteiger charge is -2.32. The molecule has 1 heterocycles. The van der Waals surface area contributed by atoms with Crippen molar-refractivity contribution in [3.05, 3.63) is 0 Å². The van der Waals surface area contributed by atoms with Gasteiger partial charge < -0.3 is 9.64 Å². The van der Waals surface area contributed by atoms with E-state index in [1.54, 1.807) is 0 Å². The Bertz CT molecular complexity index is 273. The lowest BCUT2D eigenvalue weighted by atomic mass is 9.87. The Morgan fingerprint density at radius 1 is 1.24 bits per heavy atom. The summed E-state index contributed by atoms with van der Waals surface area (Å²) in [4.78, 5) is 14.0. The van der Waals surface area contributed by atoms with E-state index in [0.29, 0.717) is 6.04 Å². The third kappa shape index (κ3) is 4.97. The molecule has 0 radical (unpaired) electrons. The first-order chi connectivity index (χ1) is 7.58. The predicted octanol–water partition coefficient (Wildman–Crippen LogP) is 3.82. The summed E-state index contributed by atoms with van der Waals surface area (Å²) >= 11 is 0. The zero-order valence-electron chi connectivity index (χ0n) is 12.2. The van der Waals surface area contributed by atoms with Crippen LogP contribution >= 0.6 is 0 Å². The molecule has 17 heavy (non-hydrogen) atoms. The quantitative estimate of drug-likeness (QED) is 0.698. The van der Waals surface area contributed by atoms with E-state index in [9.17, 15) is 4.79 Å². The van der Waals surface area contributed by atoms with Gasteiger partial charge in [0.1, 0.15) is 5.60 Å². The van der Waals surface area contributed by atoms with Gasteiger partial charge in [0, 0.05) is 12.6 Å². The average molecular weight is 241 g/mol. The highest BCUT2D eigenvalue weighted by molar-refractivity contribution is 5.68. The minimum atomic E-state index is -0.397. The Labute approximate surface area is 106 Å². The first kappa shape index (κ1) is 14.3. The average Bonchev–Trinajstić information content (AvgIpc) is 2.45. The second kappa shape index (κ2) is 4.87. The van der Waals surface area contributed by atoms with Gasteiger partial charge in [0.25, 0.3) is 0 Å². The molecule has 3 nitrogen and oxygen atoms in total. The molecule has 1 aliphatic rings. The molecule has 1 amide bonds. The zero-order valence-corrected chi connectivity index (χ0v) is 12.2. The van der Waals surface area contributed by atoms with E-state index < -0.39 is 5.60 Å². The standard InChI is InChI=1S/C14H27NO2/c1-13(2,3)10-11-8-7-9-15(11)12(16)17-14(4,5)6/h11H,7-10H2,1-6H3/t11-/m0/s1. The molecule has 0 aromatic heterocycles. The molecule has 1 rings (SSSR count). The van der Waals surface area contributed by atoms with Crippen LogP contribution in [0.3, 0.4) is 0 Å². The van der Waals surface area contributed by atoms with Gasteiger partial charge in [-0.1, -0.05) is 20.8 Å². The number of amides is 1. The van der Waals surface area contributed by atoms with Crippen molar-refractivity contribution in [2.24, 2.45) is 5.41 Å². The fraction of sp³-hybridized carbons (Fsp3) is 0.929. The summed E-state index contributed by atoms with van der Waals surface area (Å²) in [6, 6.07) is 0.352. The molecule has 3 heteroatoms. The van der Waals surface area contributed by atoms with Crippen molar-refractivity contribution < 1.29 is 9.53 Å². The molecule has 1 fully saturated rings. The van der Waals surface area contributed by atoms with Crippen molar-refractivity contribution >= 4 is 6.09 Å². The van der Waals surface area contributed by atoms with Crippen LogP contribution in [0.25, 0.3) is 0 Å². The van der Waals surface area contributed by atoms with Crippen molar-refractivity contribution in [3.63, 3.8) is 0 Å². The van der Waals surface area contributed by atoms with Crippen LogP contribution in [-0.2, 0) is 4.74 Å². The van der Waals surface area contributed by atoms with Gasteiger partial charge in [-0.15, -0.1) is 0 Å². The molecule has 1 atom stereocenters. The summed E-state index contributed by atoms with van der Waals surface area (Å²) in [7, 11) is 0. The molecule has 0 aliphatic carbocycles. The molecule has 100 valence electrons. The highest BCUT2D eigenvalue weighted by Crippen LogP contribution is 2.30. The Morgan fingerprint density at radius 3 is 2.29 bits per heavy atom. The van der Waals surface area contributed by atoms with E-state index in [2.05, 4.69) is 20.8 Å². The van der Waals surface area contributed by atoms with Crippen LogP contribution < -0.4 is 0 Å². The van der Waals surface area contributed by atoms with Crippen molar-refractivity contribution in [2.45, 2.75) is 72.4 Å². The summed E-state index contributed by atoms with van der Waals surface area (Å²) in [5, 5.41) is 0. The number of hydrogen-bond acceptors (Lipinski definition) is 2.